The maximum absolute atomic E-state index is 11.8. The van der Waals surface area contributed by atoms with Gasteiger partial charge in [-0.15, -0.1) is 0 Å². The zero-order chi connectivity index (χ0) is 12.8. The van der Waals surface area contributed by atoms with Crippen molar-refractivity contribution in [3.8, 4) is 0 Å². The monoisotopic (exact) mass is 245 g/mol. The summed E-state index contributed by atoms with van der Waals surface area (Å²) in [6.07, 6.45) is 3.49. The lowest BCUT2D eigenvalue weighted by molar-refractivity contribution is 0.250. The summed E-state index contributed by atoms with van der Waals surface area (Å²) >= 11 is 0. The second-order valence-corrected chi connectivity index (χ2v) is 6.07. The minimum Gasteiger partial charge on any atom is -0.335 e. The van der Waals surface area contributed by atoms with Crippen molar-refractivity contribution in [2.24, 2.45) is 5.41 Å². The van der Waals surface area contributed by atoms with Gasteiger partial charge in [0.05, 0.1) is 0 Å². The van der Waals surface area contributed by atoms with E-state index in [0.29, 0.717) is 17.8 Å². The third-order valence-electron chi connectivity index (χ3n) is 3.83. The summed E-state index contributed by atoms with van der Waals surface area (Å²) in [5.41, 5.74) is 1.35. The number of hydrogen-bond donors (Lipinski definition) is 2. The molecular formula is C14H19N3O. The molecule has 0 radical (unpaired) electrons. The number of nitrogens with zero attached hydrogens (tertiary/aromatic N) is 1. The van der Waals surface area contributed by atoms with Gasteiger partial charge in [0.2, 0.25) is 0 Å². The number of urea groups is 1. The van der Waals surface area contributed by atoms with E-state index in [1.54, 1.807) is 0 Å². The van der Waals surface area contributed by atoms with Gasteiger partial charge in [0.15, 0.2) is 0 Å². The number of carbonyl (C=O) groups excluding carboxylic acids is 1. The minimum absolute atomic E-state index is 0.147. The fourth-order valence-corrected chi connectivity index (χ4v) is 2.15. The minimum atomic E-state index is -0.147. The van der Waals surface area contributed by atoms with Crippen LogP contribution in [-0.4, -0.2) is 17.1 Å². The van der Waals surface area contributed by atoms with Gasteiger partial charge in [-0.1, -0.05) is 19.9 Å². The molecule has 2 amide bonds. The molecule has 0 unspecified atom stereocenters. The van der Waals surface area contributed by atoms with E-state index in [1.165, 1.54) is 12.8 Å². The smallest absolute Gasteiger partial charge is 0.320 e. The normalized spacial score (nSPS) is 24.4. The van der Waals surface area contributed by atoms with Crippen LogP contribution in [0.4, 0.5) is 10.6 Å². The SMILES string of the molecule is CC1(C)C[C@@H]1NC(=O)Nc1cccc(C2CC2)n1. The van der Waals surface area contributed by atoms with E-state index >= 15 is 0 Å². The fourth-order valence-electron chi connectivity index (χ4n) is 2.15. The molecule has 4 heteroatoms. The van der Waals surface area contributed by atoms with Crippen molar-refractivity contribution in [1.82, 2.24) is 10.3 Å². The van der Waals surface area contributed by atoms with E-state index in [4.69, 9.17) is 0 Å². The topological polar surface area (TPSA) is 54.0 Å². The Hall–Kier alpha value is -1.58. The van der Waals surface area contributed by atoms with Crippen molar-refractivity contribution in [1.29, 1.82) is 0 Å². The quantitative estimate of drug-likeness (QED) is 0.860. The molecule has 96 valence electrons. The zero-order valence-electron chi connectivity index (χ0n) is 10.9. The molecule has 2 aliphatic carbocycles. The van der Waals surface area contributed by atoms with Crippen LogP contribution in [0.3, 0.4) is 0 Å². The second-order valence-electron chi connectivity index (χ2n) is 6.07. The van der Waals surface area contributed by atoms with Crippen LogP contribution in [0.1, 0.15) is 44.7 Å². The third kappa shape index (κ3) is 2.47. The van der Waals surface area contributed by atoms with Crippen molar-refractivity contribution < 1.29 is 4.79 Å². The fraction of sp³-hybridized carbons (Fsp3) is 0.571. The standard InChI is InChI=1S/C14H19N3O/c1-14(2)8-11(14)16-13(18)17-12-5-3-4-10(15-12)9-6-7-9/h3-5,9,11H,6-8H2,1-2H3,(H2,15,16,17,18)/t11-/m0/s1. The molecule has 0 spiro atoms. The first kappa shape index (κ1) is 11.5. The summed E-state index contributed by atoms with van der Waals surface area (Å²) in [5.74, 6) is 1.26. The van der Waals surface area contributed by atoms with Crippen LogP contribution in [0.25, 0.3) is 0 Å². The van der Waals surface area contributed by atoms with Gasteiger partial charge in [-0.3, -0.25) is 5.32 Å². The molecule has 1 aromatic rings. The predicted octanol–water partition coefficient (Wildman–Crippen LogP) is 2.88. The van der Waals surface area contributed by atoms with Crippen LogP contribution in [-0.2, 0) is 0 Å². The lowest BCUT2D eigenvalue weighted by atomic mass is 10.2. The molecule has 1 aromatic heterocycles. The number of aromatic nitrogens is 1. The van der Waals surface area contributed by atoms with E-state index in [2.05, 4.69) is 29.5 Å². The third-order valence-corrected chi connectivity index (χ3v) is 3.83. The Bertz CT molecular complexity index is 480. The molecular weight excluding hydrogens is 226 g/mol. The first-order valence-corrected chi connectivity index (χ1v) is 6.59. The molecule has 2 aliphatic rings. The van der Waals surface area contributed by atoms with Crippen molar-refractivity contribution in [2.75, 3.05) is 5.32 Å². The maximum Gasteiger partial charge on any atom is 0.320 e. The van der Waals surface area contributed by atoms with Crippen LogP contribution in [0.5, 0.6) is 0 Å². The number of hydrogen-bond acceptors (Lipinski definition) is 2. The molecule has 0 aromatic carbocycles. The summed E-state index contributed by atoms with van der Waals surface area (Å²) in [4.78, 5) is 16.3. The highest BCUT2D eigenvalue weighted by Crippen LogP contribution is 2.44. The van der Waals surface area contributed by atoms with Crippen LogP contribution < -0.4 is 10.6 Å². The van der Waals surface area contributed by atoms with Crippen molar-refractivity contribution in [3.63, 3.8) is 0 Å². The van der Waals surface area contributed by atoms with Crippen molar-refractivity contribution in [2.45, 2.75) is 45.1 Å². The number of nitrogens with one attached hydrogen (secondary N) is 2. The molecule has 2 N–H and O–H groups in total. The van der Waals surface area contributed by atoms with Crippen LogP contribution in [0, 0.1) is 5.41 Å². The van der Waals surface area contributed by atoms with Gasteiger partial charge >= 0.3 is 6.03 Å². The van der Waals surface area contributed by atoms with Gasteiger partial charge in [-0.05, 0) is 36.8 Å². The molecule has 18 heavy (non-hydrogen) atoms. The van der Waals surface area contributed by atoms with E-state index in [-0.39, 0.29) is 11.4 Å². The van der Waals surface area contributed by atoms with E-state index < -0.39 is 0 Å². The lowest BCUT2D eigenvalue weighted by Gasteiger charge is -2.09. The predicted molar refractivity (Wildman–Crippen MR) is 70.6 cm³/mol. The Morgan fingerprint density at radius 2 is 2.11 bits per heavy atom. The Kier molecular flexibility index (Phi) is 2.54. The average Bonchev–Trinajstić information content (AvgIpc) is 3.18. The second kappa shape index (κ2) is 3.97. The number of pyridine rings is 1. The number of rotatable bonds is 3. The Morgan fingerprint density at radius 1 is 1.39 bits per heavy atom. The first-order valence-electron chi connectivity index (χ1n) is 6.59. The number of amides is 2. The first-order chi connectivity index (χ1) is 8.54. The summed E-state index contributed by atoms with van der Waals surface area (Å²) < 4.78 is 0. The average molecular weight is 245 g/mol. The largest absolute Gasteiger partial charge is 0.335 e. The highest BCUT2D eigenvalue weighted by atomic mass is 16.2. The van der Waals surface area contributed by atoms with Crippen LogP contribution in [0.15, 0.2) is 18.2 Å². The Labute approximate surface area is 107 Å². The summed E-state index contributed by atoms with van der Waals surface area (Å²) in [5, 5.41) is 5.78. The summed E-state index contributed by atoms with van der Waals surface area (Å²) in [6, 6.07) is 5.97. The molecule has 3 rings (SSSR count). The highest BCUT2D eigenvalue weighted by molar-refractivity contribution is 5.88. The van der Waals surface area contributed by atoms with E-state index in [9.17, 15) is 4.79 Å². The molecule has 1 atom stereocenters. The van der Waals surface area contributed by atoms with Gasteiger partial charge < -0.3 is 5.32 Å². The number of carbonyl (C=O) groups is 1. The van der Waals surface area contributed by atoms with Crippen molar-refractivity contribution >= 4 is 11.8 Å². The maximum atomic E-state index is 11.8. The van der Waals surface area contributed by atoms with Gasteiger partial charge in [-0.25, -0.2) is 9.78 Å². The van der Waals surface area contributed by atoms with Crippen molar-refractivity contribution in [3.05, 3.63) is 23.9 Å². The molecule has 2 fully saturated rings. The van der Waals surface area contributed by atoms with Crippen LogP contribution in [0.2, 0.25) is 0 Å². The molecule has 0 aliphatic heterocycles. The van der Waals surface area contributed by atoms with Gasteiger partial charge in [0.1, 0.15) is 5.82 Å². The zero-order valence-corrected chi connectivity index (χ0v) is 10.9. The Morgan fingerprint density at radius 3 is 2.72 bits per heavy atom. The van der Waals surface area contributed by atoms with E-state index in [0.717, 1.165) is 12.1 Å². The van der Waals surface area contributed by atoms with Gasteiger partial charge in [0.25, 0.3) is 0 Å². The van der Waals surface area contributed by atoms with Gasteiger partial charge in [0, 0.05) is 17.7 Å². The Balaban J connectivity index is 1.58. The summed E-state index contributed by atoms with van der Waals surface area (Å²) in [6.45, 7) is 4.31. The van der Waals surface area contributed by atoms with Crippen LogP contribution >= 0.6 is 0 Å². The molecule has 0 saturated heterocycles. The molecule has 0 bridgehead atoms. The molecule has 1 heterocycles. The molecule has 2 saturated carbocycles. The highest BCUT2D eigenvalue weighted by Gasteiger charge is 2.46. The van der Waals surface area contributed by atoms with E-state index in [1.807, 2.05) is 18.2 Å². The lowest BCUT2D eigenvalue weighted by Crippen LogP contribution is -2.32. The van der Waals surface area contributed by atoms with Gasteiger partial charge in [-0.2, -0.15) is 0 Å². The summed E-state index contributed by atoms with van der Waals surface area (Å²) in [7, 11) is 0. The molecule has 4 nitrogen and oxygen atoms in total. The number of anilines is 1.